The van der Waals surface area contributed by atoms with Crippen molar-refractivity contribution in [2.75, 3.05) is 31.6 Å². The topological polar surface area (TPSA) is 83.4 Å². The van der Waals surface area contributed by atoms with Crippen LogP contribution in [0.15, 0.2) is 108 Å². The maximum absolute atomic E-state index is 9.40. The lowest BCUT2D eigenvalue weighted by molar-refractivity contribution is 0.146. The van der Waals surface area contributed by atoms with Gasteiger partial charge in [-0.15, -0.1) is 23.1 Å². The Bertz CT molecular complexity index is 1590. The summed E-state index contributed by atoms with van der Waals surface area (Å²) in [5, 5.41) is 16.0. The van der Waals surface area contributed by atoms with Crippen molar-refractivity contribution in [1.29, 1.82) is 0 Å². The van der Waals surface area contributed by atoms with E-state index < -0.39 is 0 Å². The van der Waals surface area contributed by atoms with Crippen LogP contribution in [-0.4, -0.2) is 51.2 Å². The average molecular weight is 624 g/mol. The third-order valence-corrected chi connectivity index (χ3v) is 10.1. The van der Waals surface area contributed by atoms with Crippen molar-refractivity contribution in [2.45, 2.75) is 35.8 Å². The van der Waals surface area contributed by atoms with Gasteiger partial charge in [-0.3, -0.25) is 4.98 Å². The van der Waals surface area contributed by atoms with Crippen LogP contribution in [0.1, 0.15) is 35.0 Å². The molecule has 1 atom stereocenters. The molecule has 7 nitrogen and oxygen atoms in total. The summed E-state index contributed by atoms with van der Waals surface area (Å²) >= 11 is 3.38. The summed E-state index contributed by atoms with van der Waals surface area (Å²) in [4.78, 5) is 17.6. The van der Waals surface area contributed by atoms with Crippen LogP contribution < -0.4 is 10.1 Å². The maximum atomic E-state index is 9.40. The third-order valence-electron chi connectivity index (χ3n) is 7.85. The molecule has 0 aliphatic carbocycles. The molecule has 0 spiro atoms. The molecule has 226 valence electrons. The Kier molecular flexibility index (Phi) is 10.5. The highest BCUT2D eigenvalue weighted by Gasteiger charge is 2.30. The highest BCUT2D eigenvalue weighted by atomic mass is 32.2. The number of aromatic nitrogens is 3. The van der Waals surface area contributed by atoms with E-state index in [1.165, 1.54) is 5.56 Å². The lowest BCUT2D eigenvalue weighted by atomic mass is 9.91. The van der Waals surface area contributed by atoms with Gasteiger partial charge in [0.15, 0.2) is 10.9 Å². The molecule has 0 amide bonds. The number of aliphatic hydroxyl groups is 1. The Morgan fingerprint density at radius 1 is 0.909 bits per heavy atom. The molecule has 0 radical (unpaired) electrons. The van der Waals surface area contributed by atoms with Gasteiger partial charge in [-0.2, -0.15) is 0 Å². The number of hydrogen-bond acceptors (Lipinski definition) is 9. The monoisotopic (exact) mass is 623 g/mol. The van der Waals surface area contributed by atoms with E-state index in [-0.39, 0.29) is 11.9 Å². The number of piperidine rings is 1. The minimum Gasteiger partial charge on any atom is -0.436 e. The van der Waals surface area contributed by atoms with Gasteiger partial charge in [0, 0.05) is 24.3 Å². The molecular formula is C35H37N5O2S2. The van der Waals surface area contributed by atoms with Gasteiger partial charge < -0.3 is 20.1 Å². The fraction of sp³-hybridized carbons (Fsp3) is 0.286. The molecule has 1 aliphatic rings. The molecule has 44 heavy (non-hydrogen) atoms. The molecule has 9 heteroatoms. The zero-order valence-electron chi connectivity index (χ0n) is 24.6. The Labute approximate surface area is 267 Å². The first-order valence-electron chi connectivity index (χ1n) is 15.1. The van der Waals surface area contributed by atoms with E-state index in [0.29, 0.717) is 17.5 Å². The second-order valence-electron chi connectivity index (χ2n) is 10.9. The lowest BCUT2D eigenvalue weighted by Gasteiger charge is -2.35. The lowest BCUT2D eigenvalue weighted by Crippen LogP contribution is -2.37. The summed E-state index contributed by atoms with van der Waals surface area (Å²) in [6.07, 6.45) is 7.62. The van der Waals surface area contributed by atoms with Crippen molar-refractivity contribution in [1.82, 2.24) is 19.9 Å². The Balaban J connectivity index is 1.17. The highest BCUT2D eigenvalue weighted by molar-refractivity contribution is 7.99. The summed E-state index contributed by atoms with van der Waals surface area (Å²) in [6.45, 7) is 2.90. The van der Waals surface area contributed by atoms with Crippen LogP contribution in [0.5, 0.6) is 11.6 Å². The molecule has 4 heterocycles. The van der Waals surface area contributed by atoms with Crippen LogP contribution >= 0.6 is 23.1 Å². The zero-order valence-corrected chi connectivity index (χ0v) is 26.2. The molecule has 5 aromatic rings. The van der Waals surface area contributed by atoms with Gasteiger partial charge in [-0.1, -0.05) is 48.5 Å². The summed E-state index contributed by atoms with van der Waals surface area (Å²) in [7, 11) is 0. The number of aliphatic hydroxyl groups excluding tert-OH is 1. The van der Waals surface area contributed by atoms with Gasteiger partial charge >= 0.3 is 0 Å². The molecule has 1 unspecified atom stereocenters. The van der Waals surface area contributed by atoms with E-state index >= 15 is 0 Å². The van der Waals surface area contributed by atoms with Gasteiger partial charge in [-0.25, -0.2) is 9.97 Å². The minimum atomic E-state index is 0.164. The van der Waals surface area contributed by atoms with Crippen molar-refractivity contribution >= 4 is 33.9 Å². The molecule has 1 aliphatic heterocycles. The number of rotatable bonds is 13. The smallest absolute Gasteiger partial charge is 0.233 e. The predicted octanol–water partition coefficient (Wildman–Crippen LogP) is 7.79. The number of aryl methyl sites for hydroxylation is 2. The van der Waals surface area contributed by atoms with Gasteiger partial charge in [-0.05, 0) is 86.7 Å². The van der Waals surface area contributed by atoms with Crippen molar-refractivity contribution in [3.63, 3.8) is 0 Å². The molecule has 3 aromatic heterocycles. The first kappa shape index (κ1) is 30.3. The molecule has 1 saturated heterocycles. The Hall–Kier alpha value is -3.76. The van der Waals surface area contributed by atoms with Crippen LogP contribution in [0.4, 0.5) is 10.8 Å². The standard InChI is InChI=1S/C35H37N5O2S2/c41-24-23-40-21-17-27(18-22-40)33(30-12-6-7-19-36-30)44-32-14-8-20-37-34(32)42-31-13-5-4-11-29(31)39-35-38-28(25-43-35)16-15-26-9-2-1-3-10-26/h1-14,19-20,25,27,33,41H,15-18,21-24H2,(H,38,39). The Morgan fingerprint density at radius 2 is 1.70 bits per heavy atom. The van der Waals surface area contributed by atoms with E-state index in [9.17, 15) is 5.11 Å². The fourth-order valence-electron chi connectivity index (χ4n) is 5.52. The van der Waals surface area contributed by atoms with E-state index in [1.807, 2.05) is 48.7 Å². The number of nitrogens with one attached hydrogen (secondary N) is 1. The van der Waals surface area contributed by atoms with Crippen LogP contribution in [0.3, 0.4) is 0 Å². The number of thioether (sulfide) groups is 1. The van der Waals surface area contributed by atoms with Crippen molar-refractivity contribution < 1.29 is 9.84 Å². The van der Waals surface area contributed by atoms with Gasteiger partial charge in [0.05, 0.1) is 33.8 Å². The predicted molar refractivity (Wildman–Crippen MR) is 179 cm³/mol. The van der Waals surface area contributed by atoms with E-state index in [4.69, 9.17) is 14.7 Å². The number of thiazole rings is 1. The first-order chi connectivity index (χ1) is 21.7. The maximum Gasteiger partial charge on any atom is 0.233 e. The van der Waals surface area contributed by atoms with Gasteiger partial charge in [0.25, 0.3) is 0 Å². The second-order valence-corrected chi connectivity index (χ2v) is 12.9. The molecule has 2 N–H and O–H groups in total. The molecule has 0 bridgehead atoms. The van der Waals surface area contributed by atoms with Crippen molar-refractivity contribution in [2.24, 2.45) is 5.92 Å². The number of ether oxygens (including phenoxy) is 1. The van der Waals surface area contributed by atoms with Crippen LogP contribution in [0.2, 0.25) is 0 Å². The van der Waals surface area contributed by atoms with Crippen LogP contribution in [-0.2, 0) is 12.8 Å². The molecule has 1 fully saturated rings. The molecule has 0 saturated carbocycles. The van der Waals surface area contributed by atoms with E-state index in [0.717, 1.165) is 72.4 Å². The number of likely N-dealkylation sites (tertiary alicyclic amines) is 1. The molecule has 6 rings (SSSR count). The van der Waals surface area contributed by atoms with Crippen LogP contribution in [0.25, 0.3) is 0 Å². The van der Waals surface area contributed by atoms with Gasteiger partial charge in [0.2, 0.25) is 5.88 Å². The summed E-state index contributed by atoms with van der Waals surface area (Å²) in [6, 6.07) is 28.6. The van der Waals surface area contributed by atoms with Gasteiger partial charge in [0.1, 0.15) is 0 Å². The van der Waals surface area contributed by atoms with Crippen LogP contribution in [0, 0.1) is 5.92 Å². The second kappa shape index (κ2) is 15.3. The minimum absolute atomic E-state index is 0.164. The quantitative estimate of drug-likeness (QED) is 0.129. The van der Waals surface area contributed by atoms with E-state index in [1.54, 1.807) is 29.3 Å². The number of nitrogens with zero attached hydrogens (tertiary/aromatic N) is 4. The fourth-order valence-corrected chi connectivity index (χ4v) is 7.62. The number of benzene rings is 2. The summed E-state index contributed by atoms with van der Waals surface area (Å²) < 4.78 is 6.52. The summed E-state index contributed by atoms with van der Waals surface area (Å²) in [5.41, 5.74) is 4.30. The molecule has 2 aromatic carbocycles. The normalized spacial score (nSPS) is 14.8. The zero-order chi connectivity index (χ0) is 30.0. The number of β-amino-alcohol motifs (C(OH)–C–C–N with tert-alkyl or cyclic N) is 1. The Morgan fingerprint density at radius 3 is 2.52 bits per heavy atom. The summed E-state index contributed by atoms with van der Waals surface area (Å²) in [5.74, 6) is 1.72. The first-order valence-corrected chi connectivity index (χ1v) is 16.9. The number of pyridine rings is 2. The van der Waals surface area contributed by atoms with E-state index in [2.05, 4.69) is 63.0 Å². The third kappa shape index (κ3) is 8.04. The largest absolute Gasteiger partial charge is 0.436 e. The molecular weight excluding hydrogens is 587 g/mol. The average Bonchev–Trinajstić information content (AvgIpc) is 3.53. The highest BCUT2D eigenvalue weighted by Crippen LogP contribution is 2.47. The number of anilines is 2. The van der Waals surface area contributed by atoms with Crippen molar-refractivity contribution in [3.8, 4) is 11.6 Å². The number of hydrogen-bond donors (Lipinski definition) is 2. The van der Waals surface area contributed by atoms with Crippen molar-refractivity contribution in [3.05, 3.63) is 120 Å². The number of para-hydroxylation sites is 2. The SMILES string of the molecule is OCCN1CCC(C(Sc2cccnc2Oc2ccccc2Nc2nc(CCc3ccccc3)cs2)c2ccccn2)CC1.